The lowest BCUT2D eigenvalue weighted by atomic mass is 9.95. The number of rotatable bonds is 2. The number of anilines is 2. The van der Waals surface area contributed by atoms with Gasteiger partial charge in [-0.05, 0) is 52.9 Å². The van der Waals surface area contributed by atoms with Crippen LogP contribution < -0.4 is 10.6 Å². The van der Waals surface area contributed by atoms with Crippen LogP contribution in [0.4, 0.5) is 11.4 Å². The van der Waals surface area contributed by atoms with Crippen LogP contribution in [0.5, 0.6) is 0 Å². The van der Waals surface area contributed by atoms with E-state index in [2.05, 4.69) is 44.9 Å². The van der Waals surface area contributed by atoms with Crippen LogP contribution in [0, 0.1) is 5.92 Å². The molecule has 0 radical (unpaired) electrons. The van der Waals surface area contributed by atoms with Gasteiger partial charge in [0.25, 0.3) is 0 Å². The van der Waals surface area contributed by atoms with Gasteiger partial charge in [-0.2, -0.15) is 0 Å². The average Bonchev–Trinajstić information content (AvgIpc) is 2.48. The van der Waals surface area contributed by atoms with E-state index in [1.54, 1.807) is 0 Å². The molecule has 20 heavy (non-hydrogen) atoms. The molecule has 0 amide bonds. The molecular weight excluding hydrogens is 314 g/mol. The number of aromatic nitrogens is 1. The fraction of sp³-hybridized carbons (Fsp3) is 0.438. The Bertz CT molecular complexity index is 626. The maximum atomic E-state index is 6.10. The zero-order chi connectivity index (χ0) is 14.1. The first-order valence-corrected chi connectivity index (χ1v) is 8.07. The third-order valence-electron chi connectivity index (χ3n) is 4.27. The van der Waals surface area contributed by atoms with Crippen LogP contribution in [0.3, 0.4) is 0 Å². The molecule has 1 aliphatic heterocycles. The van der Waals surface area contributed by atoms with Crippen LogP contribution in [-0.4, -0.2) is 18.1 Å². The summed E-state index contributed by atoms with van der Waals surface area (Å²) < 4.78 is 0.971. The Morgan fingerprint density at radius 2 is 2.30 bits per heavy atom. The van der Waals surface area contributed by atoms with Crippen molar-refractivity contribution in [3.8, 4) is 0 Å². The molecule has 3 nitrogen and oxygen atoms in total. The van der Waals surface area contributed by atoms with Crippen LogP contribution >= 0.6 is 15.9 Å². The van der Waals surface area contributed by atoms with Gasteiger partial charge >= 0.3 is 0 Å². The van der Waals surface area contributed by atoms with E-state index in [-0.39, 0.29) is 0 Å². The number of pyridine rings is 1. The van der Waals surface area contributed by atoms with Crippen molar-refractivity contribution < 1.29 is 0 Å². The molecule has 3 rings (SSSR count). The van der Waals surface area contributed by atoms with Gasteiger partial charge in [0.1, 0.15) is 0 Å². The highest BCUT2D eigenvalue weighted by Crippen LogP contribution is 2.33. The Labute approximate surface area is 128 Å². The molecule has 0 saturated carbocycles. The van der Waals surface area contributed by atoms with Crippen molar-refractivity contribution in [2.24, 2.45) is 5.92 Å². The summed E-state index contributed by atoms with van der Waals surface area (Å²) in [7, 11) is 0. The smallest absolute Gasteiger partial charge is 0.0956 e. The molecule has 106 valence electrons. The molecule has 1 atom stereocenters. The van der Waals surface area contributed by atoms with Crippen LogP contribution in [0.1, 0.15) is 26.2 Å². The van der Waals surface area contributed by atoms with Gasteiger partial charge in [-0.3, -0.25) is 4.98 Å². The van der Waals surface area contributed by atoms with Gasteiger partial charge in [0.15, 0.2) is 0 Å². The van der Waals surface area contributed by atoms with E-state index in [1.807, 2.05) is 12.3 Å². The minimum atomic E-state index is 0.793. The van der Waals surface area contributed by atoms with Crippen molar-refractivity contribution in [2.45, 2.75) is 26.2 Å². The SMILES string of the molecule is CCC1CCCN(c2ccc(N)c3cc(Br)cnc23)C1. The molecule has 1 saturated heterocycles. The summed E-state index contributed by atoms with van der Waals surface area (Å²) in [6, 6.07) is 6.18. The number of fused-ring (bicyclic) bond motifs is 1. The summed E-state index contributed by atoms with van der Waals surface area (Å²) in [6.07, 6.45) is 5.72. The Balaban J connectivity index is 2.05. The summed E-state index contributed by atoms with van der Waals surface area (Å²) in [5, 5.41) is 1.04. The molecule has 0 spiro atoms. The standard InChI is InChI=1S/C16H20BrN3/c1-2-11-4-3-7-20(10-11)15-6-5-14(18)13-8-12(17)9-19-16(13)15/h5-6,8-9,11H,2-4,7,10,18H2,1H3. The quantitative estimate of drug-likeness (QED) is 0.837. The van der Waals surface area contributed by atoms with Crippen LogP contribution in [0.2, 0.25) is 0 Å². The van der Waals surface area contributed by atoms with Gasteiger partial charge in [0, 0.05) is 34.8 Å². The number of halogens is 1. The normalized spacial score (nSPS) is 19.5. The molecule has 1 unspecified atom stereocenters. The summed E-state index contributed by atoms with van der Waals surface area (Å²) in [6.45, 7) is 4.53. The number of nitrogen functional groups attached to an aromatic ring is 1. The van der Waals surface area contributed by atoms with Crippen molar-refractivity contribution in [1.82, 2.24) is 4.98 Å². The van der Waals surface area contributed by atoms with Gasteiger partial charge in [-0.1, -0.05) is 13.3 Å². The van der Waals surface area contributed by atoms with Gasteiger partial charge < -0.3 is 10.6 Å². The number of hydrogen-bond acceptors (Lipinski definition) is 3. The molecule has 1 fully saturated rings. The zero-order valence-electron chi connectivity index (χ0n) is 11.8. The molecule has 2 aromatic rings. The van der Waals surface area contributed by atoms with E-state index in [9.17, 15) is 0 Å². The molecule has 4 heteroatoms. The van der Waals surface area contributed by atoms with Crippen molar-refractivity contribution in [3.05, 3.63) is 28.9 Å². The molecule has 1 aromatic carbocycles. The van der Waals surface area contributed by atoms with Crippen molar-refractivity contribution in [1.29, 1.82) is 0 Å². The molecule has 1 aromatic heterocycles. The largest absolute Gasteiger partial charge is 0.398 e. The molecule has 1 aliphatic rings. The van der Waals surface area contributed by atoms with Crippen molar-refractivity contribution >= 4 is 38.2 Å². The van der Waals surface area contributed by atoms with Gasteiger partial charge in [0.2, 0.25) is 0 Å². The lowest BCUT2D eigenvalue weighted by Gasteiger charge is -2.34. The molecular formula is C16H20BrN3. The first-order chi connectivity index (χ1) is 9.69. The second kappa shape index (κ2) is 5.60. The third-order valence-corrected chi connectivity index (χ3v) is 4.70. The lowest BCUT2D eigenvalue weighted by molar-refractivity contribution is 0.405. The van der Waals surface area contributed by atoms with Crippen molar-refractivity contribution in [2.75, 3.05) is 23.7 Å². The Kier molecular flexibility index (Phi) is 3.83. The lowest BCUT2D eigenvalue weighted by Crippen LogP contribution is -2.35. The van der Waals surface area contributed by atoms with Gasteiger partial charge in [-0.25, -0.2) is 0 Å². The topological polar surface area (TPSA) is 42.1 Å². The first-order valence-electron chi connectivity index (χ1n) is 7.27. The summed E-state index contributed by atoms with van der Waals surface area (Å²) >= 11 is 3.48. The molecule has 2 N–H and O–H groups in total. The summed E-state index contributed by atoms with van der Waals surface area (Å²) in [5.74, 6) is 0.798. The van der Waals surface area contributed by atoms with E-state index < -0.39 is 0 Å². The van der Waals surface area contributed by atoms with E-state index in [1.165, 1.54) is 24.9 Å². The number of benzene rings is 1. The first kappa shape index (κ1) is 13.7. The third kappa shape index (κ3) is 2.49. The summed E-state index contributed by atoms with van der Waals surface area (Å²) in [5.41, 5.74) is 9.13. The van der Waals surface area contributed by atoms with E-state index in [4.69, 9.17) is 5.73 Å². The Morgan fingerprint density at radius 1 is 1.45 bits per heavy atom. The molecule has 0 bridgehead atoms. The van der Waals surface area contributed by atoms with Crippen LogP contribution in [-0.2, 0) is 0 Å². The van der Waals surface area contributed by atoms with E-state index in [0.29, 0.717) is 0 Å². The average molecular weight is 334 g/mol. The monoisotopic (exact) mass is 333 g/mol. The number of nitrogens with two attached hydrogens (primary N) is 1. The van der Waals surface area contributed by atoms with E-state index in [0.717, 1.165) is 40.1 Å². The fourth-order valence-electron chi connectivity index (χ4n) is 3.07. The number of nitrogens with zero attached hydrogens (tertiary/aromatic N) is 2. The van der Waals surface area contributed by atoms with E-state index >= 15 is 0 Å². The second-order valence-electron chi connectivity index (χ2n) is 5.59. The highest BCUT2D eigenvalue weighted by Gasteiger charge is 2.21. The van der Waals surface area contributed by atoms with Crippen LogP contribution in [0.25, 0.3) is 10.9 Å². The number of piperidine rings is 1. The Morgan fingerprint density at radius 3 is 3.10 bits per heavy atom. The predicted molar refractivity (Wildman–Crippen MR) is 89.1 cm³/mol. The highest BCUT2D eigenvalue weighted by molar-refractivity contribution is 9.10. The highest BCUT2D eigenvalue weighted by atomic mass is 79.9. The fourth-order valence-corrected chi connectivity index (χ4v) is 3.40. The maximum absolute atomic E-state index is 6.10. The second-order valence-corrected chi connectivity index (χ2v) is 6.50. The van der Waals surface area contributed by atoms with Crippen LogP contribution in [0.15, 0.2) is 28.9 Å². The molecule has 0 aliphatic carbocycles. The Hall–Kier alpha value is -1.29. The maximum Gasteiger partial charge on any atom is 0.0956 e. The molecule has 2 heterocycles. The minimum Gasteiger partial charge on any atom is -0.398 e. The van der Waals surface area contributed by atoms with Gasteiger partial charge in [-0.15, -0.1) is 0 Å². The van der Waals surface area contributed by atoms with Gasteiger partial charge in [0.05, 0.1) is 11.2 Å². The number of hydrogen-bond donors (Lipinski definition) is 1. The summed E-state index contributed by atoms with van der Waals surface area (Å²) in [4.78, 5) is 7.07. The minimum absolute atomic E-state index is 0.793. The van der Waals surface area contributed by atoms with Crippen molar-refractivity contribution in [3.63, 3.8) is 0 Å². The predicted octanol–water partition coefficient (Wildman–Crippen LogP) is 4.21. The zero-order valence-corrected chi connectivity index (χ0v) is 13.4.